The van der Waals surface area contributed by atoms with Crippen LogP contribution >= 0.6 is 23.2 Å². The van der Waals surface area contributed by atoms with Gasteiger partial charge in [0.2, 0.25) is 0 Å². The molecular formula is C5H3Cl2NO3. The molecule has 1 heterocycles. The van der Waals surface area contributed by atoms with Gasteiger partial charge in [0.15, 0.2) is 0 Å². The average Bonchev–Trinajstić information content (AvgIpc) is 2.17. The van der Waals surface area contributed by atoms with Crippen molar-refractivity contribution in [3.63, 3.8) is 0 Å². The van der Waals surface area contributed by atoms with Crippen LogP contribution in [0.15, 0.2) is 10.1 Å². The van der Waals surface area contributed by atoms with Crippen molar-refractivity contribution < 1.29 is 14.4 Å². The van der Waals surface area contributed by atoms with E-state index in [1.807, 2.05) is 0 Å². The lowest BCUT2D eigenvalue weighted by molar-refractivity contribution is -0.177. The maximum Gasteiger partial charge on any atom is 0.298 e. The SMILES string of the molecule is CON1C(=O)C(Cl)=C(Cl)C1=O. The summed E-state index contributed by atoms with van der Waals surface area (Å²) in [6.45, 7) is 0. The largest absolute Gasteiger partial charge is 0.298 e. The summed E-state index contributed by atoms with van der Waals surface area (Å²) < 4.78 is 0. The van der Waals surface area contributed by atoms with E-state index in [4.69, 9.17) is 23.2 Å². The van der Waals surface area contributed by atoms with Crippen molar-refractivity contribution in [3.05, 3.63) is 10.1 Å². The number of hydrogen-bond acceptors (Lipinski definition) is 3. The van der Waals surface area contributed by atoms with Crippen molar-refractivity contribution in [2.24, 2.45) is 0 Å². The van der Waals surface area contributed by atoms with E-state index in [1.54, 1.807) is 0 Å². The number of rotatable bonds is 1. The van der Waals surface area contributed by atoms with E-state index in [0.29, 0.717) is 5.06 Å². The van der Waals surface area contributed by atoms with Crippen molar-refractivity contribution >= 4 is 35.0 Å². The molecule has 0 radical (unpaired) electrons. The highest BCUT2D eigenvalue weighted by Crippen LogP contribution is 2.25. The minimum atomic E-state index is -0.732. The van der Waals surface area contributed by atoms with Gasteiger partial charge < -0.3 is 0 Å². The predicted octanol–water partition coefficient (Wildman–Crippen LogP) is 0.606. The molecule has 2 amide bonds. The van der Waals surface area contributed by atoms with Crippen LogP contribution in [0.2, 0.25) is 0 Å². The summed E-state index contributed by atoms with van der Waals surface area (Å²) in [6.07, 6.45) is 0. The van der Waals surface area contributed by atoms with E-state index in [2.05, 4.69) is 4.84 Å². The summed E-state index contributed by atoms with van der Waals surface area (Å²) >= 11 is 10.7. The molecule has 0 spiro atoms. The zero-order chi connectivity index (χ0) is 8.59. The molecule has 11 heavy (non-hydrogen) atoms. The molecule has 0 saturated carbocycles. The summed E-state index contributed by atoms with van der Waals surface area (Å²) in [7, 11) is 1.18. The molecule has 0 N–H and O–H groups in total. The zero-order valence-corrected chi connectivity index (χ0v) is 6.94. The Morgan fingerprint density at radius 2 is 1.55 bits per heavy atom. The molecule has 0 saturated heterocycles. The molecule has 0 fully saturated rings. The first-order valence-corrected chi connectivity index (χ1v) is 3.33. The molecule has 0 atom stereocenters. The Bertz CT molecular complexity index is 236. The Morgan fingerprint density at radius 3 is 1.73 bits per heavy atom. The van der Waals surface area contributed by atoms with Gasteiger partial charge in [0, 0.05) is 0 Å². The number of hydroxylamine groups is 2. The van der Waals surface area contributed by atoms with E-state index in [0.717, 1.165) is 0 Å². The molecule has 1 aliphatic rings. The molecule has 0 aliphatic carbocycles. The Morgan fingerprint density at radius 1 is 1.18 bits per heavy atom. The van der Waals surface area contributed by atoms with Crippen LogP contribution in [-0.2, 0) is 14.4 Å². The van der Waals surface area contributed by atoms with Gasteiger partial charge in [-0.25, -0.2) is 0 Å². The van der Waals surface area contributed by atoms with Crippen LogP contribution < -0.4 is 0 Å². The summed E-state index contributed by atoms with van der Waals surface area (Å²) in [5.41, 5.74) is 0. The third kappa shape index (κ3) is 1.13. The monoisotopic (exact) mass is 195 g/mol. The smallest absolute Gasteiger partial charge is 0.266 e. The highest BCUT2D eigenvalue weighted by Gasteiger charge is 2.37. The van der Waals surface area contributed by atoms with Crippen LogP contribution in [0, 0.1) is 0 Å². The molecule has 0 aromatic heterocycles. The molecular weight excluding hydrogens is 193 g/mol. The number of imide groups is 1. The number of hydrogen-bond donors (Lipinski definition) is 0. The molecule has 60 valence electrons. The fraction of sp³-hybridized carbons (Fsp3) is 0.200. The second-order valence-electron chi connectivity index (χ2n) is 1.72. The van der Waals surface area contributed by atoms with E-state index >= 15 is 0 Å². The van der Waals surface area contributed by atoms with Gasteiger partial charge in [0.25, 0.3) is 11.8 Å². The van der Waals surface area contributed by atoms with Gasteiger partial charge in [0.1, 0.15) is 10.1 Å². The fourth-order valence-corrected chi connectivity index (χ4v) is 0.939. The Labute approximate surface area is 72.3 Å². The molecule has 0 unspecified atom stereocenters. The molecule has 0 aromatic rings. The lowest BCUT2D eigenvalue weighted by Crippen LogP contribution is -2.29. The first kappa shape index (κ1) is 8.52. The highest BCUT2D eigenvalue weighted by molar-refractivity contribution is 6.57. The standard InChI is InChI=1S/C5H3Cl2NO3/c1-11-8-4(9)2(6)3(7)5(8)10/h1H3. The number of carbonyl (C=O) groups is 2. The van der Waals surface area contributed by atoms with E-state index in [-0.39, 0.29) is 10.1 Å². The molecule has 6 heteroatoms. The molecule has 1 rings (SSSR count). The molecule has 4 nitrogen and oxygen atoms in total. The van der Waals surface area contributed by atoms with Crippen molar-refractivity contribution in [1.82, 2.24) is 5.06 Å². The first-order valence-electron chi connectivity index (χ1n) is 2.57. The Hall–Kier alpha value is -0.580. The van der Waals surface area contributed by atoms with Gasteiger partial charge in [-0.15, -0.1) is 5.06 Å². The number of amides is 2. The van der Waals surface area contributed by atoms with Gasteiger partial charge in [-0.3, -0.25) is 14.4 Å². The van der Waals surface area contributed by atoms with Gasteiger partial charge in [-0.2, -0.15) is 0 Å². The predicted molar refractivity (Wildman–Crippen MR) is 37.6 cm³/mol. The normalized spacial score (nSPS) is 18.6. The van der Waals surface area contributed by atoms with E-state index in [9.17, 15) is 9.59 Å². The maximum absolute atomic E-state index is 10.9. The topological polar surface area (TPSA) is 46.6 Å². The van der Waals surface area contributed by atoms with Gasteiger partial charge >= 0.3 is 0 Å². The molecule has 0 aromatic carbocycles. The van der Waals surface area contributed by atoms with Gasteiger partial charge in [-0.05, 0) is 0 Å². The number of carbonyl (C=O) groups excluding carboxylic acids is 2. The Kier molecular flexibility index (Phi) is 2.17. The summed E-state index contributed by atoms with van der Waals surface area (Å²) in [5.74, 6) is -1.46. The van der Waals surface area contributed by atoms with Crippen molar-refractivity contribution in [3.8, 4) is 0 Å². The first-order chi connectivity index (χ1) is 5.09. The second kappa shape index (κ2) is 2.81. The third-order valence-electron chi connectivity index (χ3n) is 1.12. The summed E-state index contributed by atoms with van der Waals surface area (Å²) in [6, 6.07) is 0. The molecule has 0 bridgehead atoms. The van der Waals surface area contributed by atoms with Crippen LogP contribution in [-0.4, -0.2) is 24.0 Å². The quantitative estimate of drug-likeness (QED) is 0.577. The van der Waals surface area contributed by atoms with E-state index < -0.39 is 11.8 Å². The minimum Gasteiger partial charge on any atom is -0.266 e. The highest BCUT2D eigenvalue weighted by atomic mass is 35.5. The van der Waals surface area contributed by atoms with Crippen LogP contribution in [0.4, 0.5) is 0 Å². The van der Waals surface area contributed by atoms with Crippen molar-refractivity contribution in [2.45, 2.75) is 0 Å². The Balaban J connectivity index is 3.02. The fourth-order valence-electron chi connectivity index (χ4n) is 0.624. The summed E-state index contributed by atoms with van der Waals surface area (Å²) in [4.78, 5) is 26.1. The summed E-state index contributed by atoms with van der Waals surface area (Å²) in [5, 5.41) is -0.123. The van der Waals surface area contributed by atoms with Crippen molar-refractivity contribution in [1.29, 1.82) is 0 Å². The zero-order valence-electron chi connectivity index (χ0n) is 5.43. The van der Waals surface area contributed by atoms with E-state index in [1.165, 1.54) is 7.11 Å². The van der Waals surface area contributed by atoms with Crippen LogP contribution in [0.3, 0.4) is 0 Å². The third-order valence-corrected chi connectivity index (χ3v) is 1.92. The maximum atomic E-state index is 10.9. The number of halogens is 2. The van der Waals surface area contributed by atoms with Gasteiger partial charge in [-0.1, -0.05) is 23.2 Å². The number of nitrogens with zero attached hydrogens (tertiary/aromatic N) is 1. The van der Waals surface area contributed by atoms with Gasteiger partial charge in [0.05, 0.1) is 7.11 Å². The van der Waals surface area contributed by atoms with Crippen molar-refractivity contribution in [2.75, 3.05) is 7.11 Å². The average molecular weight is 196 g/mol. The lowest BCUT2D eigenvalue weighted by Gasteiger charge is -2.07. The lowest BCUT2D eigenvalue weighted by atomic mass is 10.5. The van der Waals surface area contributed by atoms with Crippen LogP contribution in [0.1, 0.15) is 0 Å². The second-order valence-corrected chi connectivity index (χ2v) is 2.47. The molecule has 1 aliphatic heterocycles. The van der Waals surface area contributed by atoms with Crippen LogP contribution in [0.5, 0.6) is 0 Å². The van der Waals surface area contributed by atoms with Crippen LogP contribution in [0.25, 0.3) is 0 Å². The minimum absolute atomic E-state index is 0.307.